The minimum atomic E-state index is -1.50. The maximum Gasteiger partial charge on any atom is 0.305 e. The predicted octanol–water partition coefficient (Wildman–Crippen LogP) is 3.58. The number of aromatic amines is 3. The highest BCUT2D eigenvalue weighted by atomic mass is 16.5. The lowest BCUT2D eigenvalue weighted by Gasteiger charge is -2.37. The molecule has 19 N–H and O–H groups in total. The molecule has 12 rings (SSSR count). The van der Waals surface area contributed by atoms with Gasteiger partial charge >= 0.3 is 5.97 Å². The molecular weight excluding hydrogens is 1910 g/mol. The van der Waals surface area contributed by atoms with E-state index in [9.17, 15) is 102 Å². The van der Waals surface area contributed by atoms with E-state index in [1.165, 1.54) is 40.9 Å². The lowest BCUT2D eigenvalue weighted by Crippen LogP contribution is -2.59. The summed E-state index contributed by atoms with van der Waals surface area (Å²) in [6, 6.07) is 18.2. The number of carboxylic acids is 1. The van der Waals surface area contributed by atoms with E-state index < -0.39 is 223 Å². The lowest BCUT2D eigenvalue weighted by atomic mass is 9.88. The summed E-state index contributed by atoms with van der Waals surface area (Å²) < 4.78 is 6.39. The van der Waals surface area contributed by atoms with Gasteiger partial charge in [0.1, 0.15) is 49.3 Å². The van der Waals surface area contributed by atoms with Gasteiger partial charge in [0.05, 0.1) is 82.5 Å². The molecule has 5 fully saturated rings. The number of morpholine rings is 1. The Hall–Kier alpha value is -14.8. The molecule has 8 heterocycles. The number of benzene rings is 4. The van der Waals surface area contributed by atoms with Crippen molar-refractivity contribution in [1.82, 2.24) is 93.5 Å². The van der Waals surface area contributed by atoms with Gasteiger partial charge in [-0.2, -0.15) is 0 Å². The molecule has 0 saturated carbocycles. The number of rotatable bonds is 27. The first-order chi connectivity index (χ1) is 70.3. The SMILES string of the molecule is C=C(O)CC1NC(=O)CNC(=O)C(CCCC[N+]2(C)CCOCC2)NC(=O)C(C(C)C)N(C)C(=O)C(Cc2c[nH]c3ccccc23)CC1=O.C=C(O)CC1NC(=O)CNC(=O)C(CNC(=O)C2CCNCC2)NC(=O)C(C(C)C)N(C)C(=O)C(Cc2c[nH]c3ccccc23)CC1=O.CC(=N)c1ccc(C(=O)NCC2NC(=O)C(C(C)C)N(C)C(=O)C(Cc3c[nH]c4ccccc34)CC(=O)C(CC(=O)O)NC(=O)CNC2=O)cc1. The maximum atomic E-state index is 14.3. The van der Waals surface area contributed by atoms with Crippen LogP contribution in [0.15, 0.2) is 140 Å². The molecule has 5 aliphatic rings. The second kappa shape index (κ2) is 54.0. The molecule has 14 amide bonds. The second-order valence-electron chi connectivity index (χ2n) is 40.1. The molecule has 0 aliphatic carbocycles. The van der Waals surface area contributed by atoms with Crippen LogP contribution in [-0.2, 0) is 106 Å². The number of ether oxygens (including phenoxy) is 1. The van der Waals surface area contributed by atoms with Crippen LogP contribution < -0.4 is 63.8 Å². The monoisotopic (exact) mass is 2050 g/mol. The summed E-state index contributed by atoms with van der Waals surface area (Å²) in [6.45, 7) is 22.5. The summed E-state index contributed by atoms with van der Waals surface area (Å²) in [5.41, 5.74) is 6.06. The van der Waals surface area contributed by atoms with Crippen LogP contribution in [0.2, 0.25) is 0 Å². The number of carboxylic acid groups (broad SMARTS) is 1. The Balaban J connectivity index is 0.000000227. The summed E-state index contributed by atoms with van der Waals surface area (Å²) in [4.78, 5) is 256. The fourth-order valence-corrected chi connectivity index (χ4v) is 19.5. The highest BCUT2D eigenvalue weighted by molar-refractivity contribution is 6.04. The number of para-hydroxylation sites is 3. The number of carbonyl (C=O) groups is 18. The molecule has 0 spiro atoms. The first-order valence-electron chi connectivity index (χ1n) is 50.2. The normalized spacial score (nSPS) is 23.1. The molecule has 42 heteroatoms. The third-order valence-corrected chi connectivity index (χ3v) is 27.6. The average molecular weight is 2050 g/mol. The molecule has 5 aliphatic heterocycles. The van der Waals surface area contributed by atoms with Gasteiger partial charge in [-0.15, -0.1) is 0 Å². The van der Waals surface area contributed by atoms with E-state index in [0.717, 1.165) is 79.9 Å². The zero-order valence-corrected chi connectivity index (χ0v) is 85.9. The molecule has 7 aromatic rings. The fourth-order valence-electron chi connectivity index (χ4n) is 19.5. The molecule has 3 aromatic heterocycles. The van der Waals surface area contributed by atoms with Crippen molar-refractivity contribution in [3.63, 3.8) is 0 Å². The summed E-state index contributed by atoms with van der Waals surface area (Å²) >= 11 is 0. The van der Waals surface area contributed by atoms with Crippen LogP contribution in [0.3, 0.4) is 0 Å². The number of piperidine rings is 1. The largest absolute Gasteiger partial charge is 0.513 e. The number of quaternary nitrogens is 1. The number of carbonyl (C=O) groups excluding carboxylic acids is 17. The summed E-state index contributed by atoms with van der Waals surface area (Å²) in [5.74, 6) is -16.5. The third-order valence-electron chi connectivity index (χ3n) is 27.6. The van der Waals surface area contributed by atoms with Gasteiger partial charge in [0, 0.05) is 153 Å². The van der Waals surface area contributed by atoms with E-state index in [-0.39, 0.29) is 86.3 Å². The van der Waals surface area contributed by atoms with E-state index in [1.807, 2.05) is 92.8 Å². The smallest absolute Gasteiger partial charge is 0.305 e. The van der Waals surface area contributed by atoms with Crippen molar-refractivity contribution < 1.29 is 111 Å². The van der Waals surface area contributed by atoms with Gasteiger partial charge < -0.3 is 123 Å². The van der Waals surface area contributed by atoms with E-state index in [2.05, 4.69) is 99.0 Å². The first-order valence-corrected chi connectivity index (χ1v) is 50.2. The Morgan fingerprint density at radius 1 is 0.453 bits per heavy atom. The molecule has 0 bridgehead atoms. The van der Waals surface area contributed by atoms with E-state index in [4.69, 9.17) is 10.1 Å². The number of ketones is 3. The summed E-state index contributed by atoms with van der Waals surface area (Å²) in [6.07, 6.45) is 6.52. The molecule has 0 radical (unpaired) electrons. The highest BCUT2D eigenvalue weighted by Crippen LogP contribution is 2.32. The Bertz CT molecular complexity index is 6010. The zero-order chi connectivity index (χ0) is 108. The van der Waals surface area contributed by atoms with Crippen LogP contribution in [0.5, 0.6) is 0 Å². The third kappa shape index (κ3) is 32.3. The van der Waals surface area contributed by atoms with Crippen molar-refractivity contribution in [2.24, 2.45) is 41.4 Å². The standard InChI is InChI=1S/C36H43N7O8.C36H52N6O7.C34H47N7O7/c1-19(2)32-35(50)42-28(17-39-33(48)22-11-9-21(10-12-22)20(3)37)34(49)40-18-30(45)41-27(15-31(46)47)29(44)14-23(36(51)43(32)4)13-24-16-38-26-8-6-5-7-25(24)26;1-23(2)33-35(47)40-29(12-8-9-13-42(5)14-16-49-17-15-42)34(46)38-22-32(45)39-30(18-24(3)43)31(44)20-25(36(48)41(33)4)19-26-21-37-28-11-7-6-10-27(26)28;1-19(2)30-33(47)40-27(17-37-31(45)21-9-11-35-12-10-21)32(46)38-18-29(44)39-26(13-20(3)42)28(43)15-22(34(48)41(30)4)14-23-16-36-25-8-6-5-7-24(23)25/h5-12,16,19,23,27-28,32,37-38H,13-15,17-18H2,1-4H3,(H,39,48)(H,40,49)(H,41,45)(H,42,50)(H,46,47);6-7,10-11,21,23,25,29-30,33,37H,3,8-9,12-20,22H2,1-2,4-5H3,(H3-,38,39,40,43,45,46,47);5-8,16,19,21-22,26-27,30,35-36,42H,3,9-15,17-18H2,1-2,4H3,(H,37,45)(H,38,46)(H,39,44)(H,40,47)/p+1. The molecule has 5 saturated heterocycles. The number of unbranched alkanes of at least 4 members (excludes halogenated alkanes) is 1. The number of H-pyrrole nitrogens is 3. The minimum absolute atomic E-state index is 0.0637. The number of fused-ring (bicyclic) bond motifs is 3. The van der Waals surface area contributed by atoms with Crippen molar-refractivity contribution in [1.29, 1.82) is 5.41 Å². The number of amides is 14. The highest BCUT2D eigenvalue weighted by Gasteiger charge is 2.44. The average Bonchev–Trinajstić information content (AvgIpc) is 1.62. The maximum absolute atomic E-state index is 14.3. The number of aromatic nitrogens is 3. The Morgan fingerprint density at radius 2 is 0.797 bits per heavy atom. The van der Waals surface area contributed by atoms with Crippen molar-refractivity contribution in [2.75, 3.05) is 107 Å². The number of aliphatic hydroxyl groups excluding tert-OH is 2. The predicted molar refractivity (Wildman–Crippen MR) is 551 cm³/mol. The summed E-state index contributed by atoms with van der Waals surface area (Å²) in [7, 11) is 6.65. The quantitative estimate of drug-likeness (QED) is 0.0151. The van der Waals surface area contributed by atoms with Gasteiger partial charge in [-0.3, -0.25) is 86.3 Å². The number of aliphatic hydroxyl groups is 2. The van der Waals surface area contributed by atoms with E-state index in [1.54, 1.807) is 66.2 Å². The van der Waals surface area contributed by atoms with Gasteiger partial charge in [-0.25, -0.2) is 0 Å². The Labute approximate surface area is 859 Å². The molecular formula is C106H143N20O22+. The number of hydrogen-bond acceptors (Lipinski definition) is 23. The number of aliphatic carboxylic acids is 1. The van der Waals surface area contributed by atoms with Crippen LogP contribution in [-0.4, -0.2) is 322 Å². The van der Waals surface area contributed by atoms with Crippen LogP contribution in [0.25, 0.3) is 32.7 Å². The zero-order valence-electron chi connectivity index (χ0n) is 85.9. The molecule has 42 nitrogen and oxygen atoms in total. The molecule has 4 aromatic carbocycles. The van der Waals surface area contributed by atoms with Gasteiger partial charge in [-0.05, 0) is 142 Å². The number of nitrogens with zero attached hydrogens (tertiary/aromatic N) is 4. The van der Waals surface area contributed by atoms with Crippen molar-refractivity contribution in [3.05, 3.63) is 168 Å². The van der Waals surface area contributed by atoms with Gasteiger partial charge in [0.15, 0.2) is 17.3 Å². The van der Waals surface area contributed by atoms with Gasteiger partial charge in [0.25, 0.3) is 5.91 Å². The van der Waals surface area contributed by atoms with Crippen LogP contribution >= 0.6 is 0 Å². The molecule has 798 valence electrons. The number of likely N-dealkylation sites (N-methyl/N-ethyl adjacent to an activating group) is 4. The number of nitrogens with one attached hydrogen (secondary N) is 16. The van der Waals surface area contributed by atoms with Crippen molar-refractivity contribution >= 4 is 144 Å². The molecule has 148 heavy (non-hydrogen) atoms. The van der Waals surface area contributed by atoms with E-state index in [0.29, 0.717) is 63.3 Å². The topological polar surface area (TPSA) is 602 Å². The van der Waals surface area contributed by atoms with Crippen LogP contribution in [0.1, 0.15) is 152 Å². The minimum Gasteiger partial charge on any atom is -0.513 e. The number of Topliss-reactive ketones (excluding diaryl/α,β-unsaturated/α-hetero) is 3. The van der Waals surface area contributed by atoms with Gasteiger partial charge in [0.2, 0.25) is 76.8 Å². The molecule has 12 atom stereocenters. The lowest BCUT2D eigenvalue weighted by molar-refractivity contribution is -0.917. The second-order valence-corrected chi connectivity index (χ2v) is 40.1. The fraction of sp³-hybridized carbons (Fsp3) is 0.500. The summed E-state index contributed by atoms with van der Waals surface area (Å²) in [5, 5.41) is 71.7. The van der Waals surface area contributed by atoms with Crippen molar-refractivity contribution in [3.8, 4) is 0 Å². The van der Waals surface area contributed by atoms with Crippen molar-refractivity contribution in [2.45, 2.75) is 193 Å². The van der Waals surface area contributed by atoms with Crippen LogP contribution in [0.4, 0.5) is 0 Å². The Morgan fingerprint density at radius 3 is 1.16 bits per heavy atom. The Kier molecular flexibility index (Phi) is 42.0. The van der Waals surface area contributed by atoms with E-state index >= 15 is 0 Å². The van der Waals surface area contributed by atoms with Crippen LogP contribution in [0, 0.1) is 46.8 Å². The first kappa shape index (κ1) is 115. The molecule has 12 unspecified atom stereocenters. The van der Waals surface area contributed by atoms with Gasteiger partial charge in [-0.1, -0.05) is 121 Å². The number of hydrogen-bond donors (Lipinski definition) is 19.